The summed E-state index contributed by atoms with van der Waals surface area (Å²) in [6.45, 7) is 0. The van der Waals surface area contributed by atoms with E-state index in [9.17, 15) is 0 Å². The van der Waals surface area contributed by atoms with Crippen LogP contribution in [0.2, 0.25) is 0 Å². The first-order chi connectivity index (χ1) is 9.33. The number of rotatable bonds is 1. The number of pyridine rings is 1. The fraction of sp³-hybridized carbons (Fsp3) is 0. The number of thiophene rings is 1. The standard InChI is InChI=1S/C14H9N3S2/c18-14-16-11-8-15-5-3-12(11)17(14)10-1-2-13-9(7-10)4-6-19-13/h1-8H,(H,16,18). The monoisotopic (exact) mass is 283 g/mol. The molecule has 0 bridgehead atoms. The van der Waals surface area contributed by atoms with Crippen LogP contribution in [-0.4, -0.2) is 14.5 Å². The summed E-state index contributed by atoms with van der Waals surface area (Å²) in [5.41, 5.74) is 3.08. The first-order valence-corrected chi connectivity index (χ1v) is 7.14. The van der Waals surface area contributed by atoms with Gasteiger partial charge in [-0.1, -0.05) is 0 Å². The minimum Gasteiger partial charge on any atom is -0.329 e. The van der Waals surface area contributed by atoms with Crippen LogP contribution < -0.4 is 0 Å². The lowest BCUT2D eigenvalue weighted by atomic mass is 10.2. The fourth-order valence-corrected chi connectivity index (χ4v) is 3.39. The SMILES string of the molecule is S=c1[nH]c2cnccc2n1-c1ccc2sccc2c1. The van der Waals surface area contributed by atoms with Gasteiger partial charge in [-0.15, -0.1) is 11.3 Å². The van der Waals surface area contributed by atoms with Gasteiger partial charge in [-0.05, 0) is 53.3 Å². The molecular weight excluding hydrogens is 274 g/mol. The smallest absolute Gasteiger partial charge is 0.182 e. The molecule has 0 aliphatic carbocycles. The van der Waals surface area contributed by atoms with Gasteiger partial charge >= 0.3 is 0 Å². The molecule has 0 spiro atoms. The second-order valence-electron chi connectivity index (χ2n) is 4.30. The minimum atomic E-state index is 0.692. The lowest BCUT2D eigenvalue weighted by molar-refractivity contribution is 1.07. The minimum absolute atomic E-state index is 0.692. The maximum absolute atomic E-state index is 5.42. The van der Waals surface area contributed by atoms with E-state index in [2.05, 4.69) is 39.6 Å². The molecule has 4 rings (SSSR count). The third kappa shape index (κ3) is 1.63. The molecule has 0 radical (unpaired) electrons. The van der Waals surface area contributed by atoms with E-state index in [-0.39, 0.29) is 0 Å². The second kappa shape index (κ2) is 4.01. The molecule has 1 aromatic carbocycles. The molecule has 0 saturated heterocycles. The largest absolute Gasteiger partial charge is 0.329 e. The van der Waals surface area contributed by atoms with Crippen LogP contribution in [-0.2, 0) is 0 Å². The second-order valence-corrected chi connectivity index (χ2v) is 5.64. The molecule has 3 aromatic heterocycles. The Kier molecular flexibility index (Phi) is 2.30. The summed E-state index contributed by atoms with van der Waals surface area (Å²) in [7, 11) is 0. The van der Waals surface area contributed by atoms with E-state index in [0.717, 1.165) is 16.7 Å². The van der Waals surface area contributed by atoms with Crippen LogP contribution in [0.4, 0.5) is 0 Å². The number of imidazole rings is 1. The summed E-state index contributed by atoms with van der Waals surface area (Å²) in [6, 6.07) is 10.5. The van der Waals surface area contributed by atoms with Gasteiger partial charge in [-0.2, -0.15) is 0 Å². The molecule has 1 N–H and O–H groups in total. The average Bonchev–Trinajstić information content (AvgIpc) is 3.00. The van der Waals surface area contributed by atoms with Gasteiger partial charge in [0, 0.05) is 16.6 Å². The van der Waals surface area contributed by atoms with Crippen molar-refractivity contribution in [3.8, 4) is 5.69 Å². The Labute approximate surface area is 118 Å². The summed E-state index contributed by atoms with van der Waals surface area (Å²) in [5, 5.41) is 3.35. The summed E-state index contributed by atoms with van der Waals surface area (Å²) < 4.78 is 4.03. The van der Waals surface area contributed by atoms with Gasteiger partial charge in [0.05, 0.1) is 17.2 Å². The van der Waals surface area contributed by atoms with Gasteiger partial charge in [0.15, 0.2) is 4.77 Å². The third-order valence-corrected chi connectivity index (χ3v) is 4.36. The van der Waals surface area contributed by atoms with Crippen molar-refractivity contribution < 1.29 is 0 Å². The highest BCUT2D eigenvalue weighted by molar-refractivity contribution is 7.71. The van der Waals surface area contributed by atoms with E-state index >= 15 is 0 Å². The highest BCUT2D eigenvalue weighted by atomic mass is 32.1. The van der Waals surface area contributed by atoms with Gasteiger partial charge in [0.2, 0.25) is 0 Å². The number of fused-ring (bicyclic) bond motifs is 2. The molecule has 92 valence electrons. The maximum atomic E-state index is 5.42. The molecule has 0 fully saturated rings. The summed E-state index contributed by atoms with van der Waals surface area (Å²) in [5.74, 6) is 0. The highest BCUT2D eigenvalue weighted by Crippen LogP contribution is 2.25. The van der Waals surface area contributed by atoms with Crippen LogP contribution in [0, 0.1) is 4.77 Å². The average molecular weight is 283 g/mol. The quantitative estimate of drug-likeness (QED) is 0.528. The molecule has 0 atom stereocenters. The number of nitrogens with zero attached hydrogens (tertiary/aromatic N) is 2. The lowest BCUT2D eigenvalue weighted by Crippen LogP contribution is -1.93. The van der Waals surface area contributed by atoms with Crippen molar-refractivity contribution in [2.45, 2.75) is 0 Å². The zero-order valence-electron chi connectivity index (χ0n) is 9.83. The number of aromatic nitrogens is 3. The highest BCUT2D eigenvalue weighted by Gasteiger charge is 2.07. The number of aromatic amines is 1. The first kappa shape index (κ1) is 10.9. The Bertz CT molecular complexity index is 946. The molecular formula is C14H9N3S2. The molecule has 0 saturated carbocycles. The summed E-state index contributed by atoms with van der Waals surface area (Å²) >= 11 is 7.17. The normalized spacial score (nSPS) is 11.4. The van der Waals surface area contributed by atoms with Crippen molar-refractivity contribution >= 4 is 44.7 Å². The van der Waals surface area contributed by atoms with Crippen LogP contribution in [0.25, 0.3) is 26.8 Å². The predicted octanol–water partition coefficient (Wildman–Crippen LogP) is 4.30. The maximum Gasteiger partial charge on any atom is 0.182 e. The number of benzene rings is 1. The van der Waals surface area contributed by atoms with E-state index in [4.69, 9.17) is 12.2 Å². The van der Waals surface area contributed by atoms with Crippen LogP contribution in [0.1, 0.15) is 0 Å². The summed E-state index contributed by atoms with van der Waals surface area (Å²) in [6.07, 6.45) is 3.58. The van der Waals surface area contributed by atoms with Gasteiger partial charge in [0.25, 0.3) is 0 Å². The number of hydrogen-bond acceptors (Lipinski definition) is 3. The van der Waals surface area contributed by atoms with Crippen molar-refractivity contribution in [3.63, 3.8) is 0 Å². The van der Waals surface area contributed by atoms with E-state index in [1.807, 2.05) is 10.6 Å². The molecule has 0 aliphatic heterocycles. The van der Waals surface area contributed by atoms with Gasteiger partial charge in [-0.25, -0.2) is 0 Å². The zero-order valence-corrected chi connectivity index (χ0v) is 11.5. The van der Waals surface area contributed by atoms with Gasteiger partial charge < -0.3 is 4.98 Å². The van der Waals surface area contributed by atoms with Gasteiger partial charge in [0.1, 0.15) is 0 Å². The van der Waals surface area contributed by atoms with Crippen molar-refractivity contribution in [1.29, 1.82) is 0 Å². The predicted molar refractivity (Wildman–Crippen MR) is 81.6 cm³/mol. The topological polar surface area (TPSA) is 33.6 Å². The Hall–Kier alpha value is -1.98. The molecule has 3 nitrogen and oxygen atoms in total. The fourth-order valence-electron chi connectivity index (χ4n) is 2.31. The Morgan fingerprint density at radius 1 is 1.21 bits per heavy atom. The Morgan fingerprint density at radius 2 is 2.16 bits per heavy atom. The first-order valence-electron chi connectivity index (χ1n) is 5.85. The van der Waals surface area contributed by atoms with Crippen molar-refractivity contribution in [3.05, 3.63) is 52.9 Å². The number of H-pyrrole nitrogens is 1. The Balaban J connectivity index is 2.08. The summed E-state index contributed by atoms with van der Waals surface area (Å²) in [4.78, 5) is 7.30. The number of hydrogen-bond donors (Lipinski definition) is 1. The van der Waals surface area contributed by atoms with E-state index in [1.54, 1.807) is 23.7 Å². The molecule has 3 heterocycles. The van der Waals surface area contributed by atoms with Crippen LogP contribution in [0.3, 0.4) is 0 Å². The third-order valence-electron chi connectivity index (χ3n) is 3.18. The molecule has 5 heteroatoms. The lowest BCUT2D eigenvalue weighted by Gasteiger charge is -2.04. The van der Waals surface area contributed by atoms with Crippen LogP contribution in [0.5, 0.6) is 0 Å². The molecule has 0 unspecified atom stereocenters. The van der Waals surface area contributed by atoms with E-state index < -0.39 is 0 Å². The van der Waals surface area contributed by atoms with E-state index in [0.29, 0.717) is 4.77 Å². The van der Waals surface area contributed by atoms with Gasteiger partial charge in [-0.3, -0.25) is 9.55 Å². The van der Waals surface area contributed by atoms with Crippen LogP contribution >= 0.6 is 23.6 Å². The Morgan fingerprint density at radius 3 is 3.11 bits per heavy atom. The van der Waals surface area contributed by atoms with Crippen molar-refractivity contribution in [2.24, 2.45) is 0 Å². The molecule has 4 aromatic rings. The molecule has 0 amide bonds. The van der Waals surface area contributed by atoms with Crippen molar-refractivity contribution in [1.82, 2.24) is 14.5 Å². The molecule has 0 aliphatic rings. The number of nitrogens with one attached hydrogen (secondary N) is 1. The van der Waals surface area contributed by atoms with Crippen molar-refractivity contribution in [2.75, 3.05) is 0 Å². The van der Waals surface area contributed by atoms with Crippen LogP contribution in [0.15, 0.2) is 48.1 Å². The molecule has 19 heavy (non-hydrogen) atoms. The van der Waals surface area contributed by atoms with E-state index in [1.165, 1.54) is 10.1 Å². The zero-order chi connectivity index (χ0) is 12.8.